The fourth-order valence-electron chi connectivity index (χ4n) is 2.04. The number of hydrogen-bond donors (Lipinski definition) is 2. The summed E-state index contributed by atoms with van der Waals surface area (Å²) in [6, 6.07) is 5.45. The number of pyridine rings is 1. The normalized spacial score (nSPS) is 11.7. The SMILES string of the molecule is CNCc1cc(S(=O)(=O)NCCc2cccnc2)cn1C. The van der Waals surface area contributed by atoms with E-state index >= 15 is 0 Å². The van der Waals surface area contributed by atoms with Crippen LogP contribution in [0.4, 0.5) is 0 Å². The number of aryl methyl sites for hydroxylation is 1. The number of rotatable bonds is 7. The second-order valence-electron chi connectivity index (χ2n) is 4.82. The minimum absolute atomic E-state index is 0.293. The molecule has 7 heteroatoms. The molecule has 0 aliphatic heterocycles. The van der Waals surface area contributed by atoms with Crippen molar-refractivity contribution in [3.8, 4) is 0 Å². The van der Waals surface area contributed by atoms with Gasteiger partial charge in [0.15, 0.2) is 0 Å². The quantitative estimate of drug-likeness (QED) is 0.788. The van der Waals surface area contributed by atoms with Gasteiger partial charge in [0.25, 0.3) is 0 Å². The van der Waals surface area contributed by atoms with Crippen molar-refractivity contribution in [3.05, 3.63) is 48.0 Å². The number of hydrogen-bond acceptors (Lipinski definition) is 4. The first-order chi connectivity index (χ1) is 10.0. The molecule has 2 aromatic rings. The molecule has 0 radical (unpaired) electrons. The molecule has 0 amide bonds. The molecule has 0 atom stereocenters. The maximum atomic E-state index is 12.2. The van der Waals surface area contributed by atoms with Crippen LogP contribution >= 0.6 is 0 Å². The summed E-state index contributed by atoms with van der Waals surface area (Å²) in [6.45, 7) is 0.978. The molecule has 0 aliphatic carbocycles. The van der Waals surface area contributed by atoms with Crippen molar-refractivity contribution in [1.82, 2.24) is 19.6 Å². The molecule has 0 saturated heterocycles. The molecule has 21 heavy (non-hydrogen) atoms. The van der Waals surface area contributed by atoms with E-state index in [1.54, 1.807) is 24.7 Å². The standard InChI is InChI=1S/C14H20N4O2S/c1-15-10-13-8-14(11-18(13)2)21(19,20)17-7-5-12-4-3-6-16-9-12/h3-4,6,8-9,11,15,17H,5,7,10H2,1-2H3. The van der Waals surface area contributed by atoms with Gasteiger partial charge >= 0.3 is 0 Å². The summed E-state index contributed by atoms with van der Waals surface area (Å²) in [6.07, 6.45) is 5.67. The molecule has 0 unspecified atom stereocenters. The van der Waals surface area contributed by atoms with Crippen molar-refractivity contribution in [2.45, 2.75) is 17.9 Å². The van der Waals surface area contributed by atoms with E-state index in [0.29, 0.717) is 24.4 Å². The van der Waals surface area contributed by atoms with E-state index in [1.165, 1.54) is 0 Å². The molecule has 0 fully saturated rings. The first kappa shape index (κ1) is 15.7. The zero-order valence-corrected chi connectivity index (χ0v) is 13.0. The lowest BCUT2D eigenvalue weighted by molar-refractivity contribution is 0.581. The van der Waals surface area contributed by atoms with E-state index in [9.17, 15) is 8.42 Å². The lowest BCUT2D eigenvalue weighted by Gasteiger charge is -2.04. The first-order valence-electron chi connectivity index (χ1n) is 6.71. The van der Waals surface area contributed by atoms with E-state index in [2.05, 4.69) is 15.0 Å². The van der Waals surface area contributed by atoms with Gasteiger partial charge in [-0.05, 0) is 31.2 Å². The summed E-state index contributed by atoms with van der Waals surface area (Å²) in [7, 11) is 0.192. The summed E-state index contributed by atoms with van der Waals surface area (Å²) in [4.78, 5) is 4.30. The Hall–Kier alpha value is -1.70. The van der Waals surface area contributed by atoms with Gasteiger partial charge in [-0.25, -0.2) is 13.1 Å². The van der Waals surface area contributed by atoms with Gasteiger partial charge in [-0.15, -0.1) is 0 Å². The number of aromatic nitrogens is 2. The second kappa shape index (κ2) is 6.84. The van der Waals surface area contributed by atoms with Crippen LogP contribution in [0.2, 0.25) is 0 Å². The van der Waals surface area contributed by atoms with Crippen LogP contribution in [0, 0.1) is 0 Å². The summed E-state index contributed by atoms with van der Waals surface area (Å²) in [5.41, 5.74) is 1.93. The van der Waals surface area contributed by atoms with Crippen molar-refractivity contribution in [1.29, 1.82) is 0 Å². The Kier molecular flexibility index (Phi) is 5.11. The Morgan fingerprint density at radius 2 is 2.19 bits per heavy atom. The second-order valence-corrected chi connectivity index (χ2v) is 6.58. The zero-order chi connectivity index (χ0) is 15.3. The Labute approximate surface area is 125 Å². The Bertz CT molecular complexity index is 680. The van der Waals surface area contributed by atoms with E-state index in [1.807, 2.05) is 30.8 Å². The van der Waals surface area contributed by atoms with Crippen molar-refractivity contribution in [2.24, 2.45) is 7.05 Å². The average Bonchev–Trinajstić information content (AvgIpc) is 2.83. The Morgan fingerprint density at radius 3 is 2.86 bits per heavy atom. The Morgan fingerprint density at radius 1 is 1.38 bits per heavy atom. The highest BCUT2D eigenvalue weighted by Gasteiger charge is 2.16. The molecule has 2 aromatic heterocycles. The third-order valence-corrected chi connectivity index (χ3v) is 4.61. The Balaban J connectivity index is 2.00. The third-order valence-electron chi connectivity index (χ3n) is 3.18. The molecule has 6 nitrogen and oxygen atoms in total. The summed E-state index contributed by atoms with van der Waals surface area (Å²) in [5.74, 6) is 0. The van der Waals surface area contributed by atoms with Crippen LogP contribution in [0.25, 0.3) is 0 Å². The summed E-state index contributed by atoms with van der Waals surface area (Å²) in [5, 5.41) is 3.01. The van der Waals surface area contributed by atoms with Crippen molar-refractivity contribution >= 4 is 10.0 Å². The van der Waals surface area contributed by atoms with Gasteiger partial charge in [-0.1, -0.05) is 6.07 Å². The smallest absolute Gasteiger partial charge is 0.242 e. The largest absolute Gasteiger partial charge is 0.352 e. The van der Waals surface area contributed by atoms with Crippen LogP contribution < -0.4 is 10.0 Å². The third kappa shape index (κ3) is 4.13. The molecule has 0 saturated carbocycles. The number of nitrogens with one attached hydrogen (secondary N) is 2. The topological polar surface area (TPSA) is 76.0 Å². The predicted molar refractivity (Wildman–Crippen MR) is 81.3 cm³/mol. The summed E-state index contributed by atoms with van der Waals surface area (Å²) < 4.78 is 28.9. The van der Waals surface area contributed by atoms with E-state index in [0.717, 1.165) is 11.3 Å². The molecular weight excluding hydrogens is 288 g/mol. The highest BCUT2D eigenvalue weighted by atomic mass is 32.2. The molecule has 0 aromatic carbocycles. The molecule has 2 heterocycles. The number of nitrogens with zero attached hydrogens (tertiary/aromatic N) is 2. The molecule has 2 rings (SSSR count). The predicted octanol–water partition coefficient (Wildman–Crippen LogP) is 0.660. The number of sulfonamides is 1. The van der Waals surface area contributed by atoms with Gasteiger partial charge in [-0.3, -0.25) is 4.98 Å². The fourth-order valence-corrected chi connectivity index (χ4v) is 3.17. The molecule has 0 spiro atoms. The van der Waals surface area contributed by atoms with Gasteiger partial charge < -0.3 is 9.88 Å². The molecule has 2 N–H and O–H groups in total. The van der Waals surface area contributed by atoms with Crippen LogP contribution in [0.5, 0.6) is 0 Å². The average molecular weight is 308 g/mol. The van der Waals surface area contributed by atoms with Gasteiger partial charge in [0.2, 0.25) is 10.0 Å². The minimum atomic E-state index is -3.47. The highest BCUT2D eigenvalue weighted by molar-refractivity contribution is 7.89. The first-order valence-corrected chi connectivity index (χ1v) is 8.19. The van der Waals surface area contributed by atoms with Gasteiger partial charge in [0, 0.05) is 44.4 Å². The highest BCUT2D eigenvalue weighted by Crippen LogP contribution is 2.13. The van der Waals surface area contributed by atoms with Crippen LogP contribution in [-0.4, -0.2) is 31.6 Å². The molecule has 0 aliphatic rings. The van der Waals surface area contributed by atoms with Crippen molar-refractivity contribution in [2.75, 3.05) is 13.6 Å². The van der Waals surface area contributed by atoms with Crippen molar-refractivity contribution in [3.63, 3.8) is 0 Å². The van der Waals surface area contributed by atoms with E-state index in [4.69, 9.17) is 0 Å². The minimum Gasteiger partial charge on any atom is -0.352 e. The lowest BCUT2D eigenvalue weighted by atomic mass is 10.2. The van der Waals surface area contributed by atoms with Crippen LogP contribution in [0.1, 0.15) is 11.3 Å². The zero-order valence-electron chi connectivity index (χ0n) is 12.2. The van der Waals surface area contributed by atoms with Crippen LogP contribution in [-0.2, 0) is 30.0 Å². The van der Waals surface area contributed by atoms with Crippen LogP contribution in [0.3, 0.4) is 0 Å². The maximum Gasteiger partial charge on any atom is 0.242 e. The molecule has 114 valence electrons. The van der Waals surface area contributed by atoms with Gasteiger partial charge in [0.05, 0.1) is 4.90 Å². The maximum absolute atomic E-state index is 12.2. The van der Waals surface area contributed by atoms with E-state index in [-0.39, 0.29) is 0 Å². The fraction of sp³-hybridized carbons (Fsp3) is 0.357. The van der Waals surface area contributed by atoms with Gasteiger partial charge in [-0.2, -0.15) is 0 Å². The lowest BCUT2D eigenvalue weighted by Crippen LogP contribution is -2.25. The van der Waals surface area contributed by atoms with Gasteiger partial charge in [0.1, 0.15) is 0 Å². The molecule has 0 bridgehead atoms. The van der Waals surface area contributed by atoms with E-state index < -0.39 is 10.0 Å². The monoisotopic (exact) mass is 308 g/mol. The molecular formula is C14H20N4O2S. The van der Waals surface area contributed by atoms with Crippen LogP contribution in [0.15, 0.2) is 41.7 Å². The van der Waals surface area contributed by atoms with Crippen molar-refractivity contribution < 1.29 is 8.42 Å². The summed E-state index contributed by atoms with van der Waals surface area (Å²) >= 11 is 0.